The summed E-state index contributed by atoms with van der Waals surface area (Å²) in [5.74, 6) is 1.59. The fourth-order valence-corrected chi connectivity index (χ4v) is 4.19. The van der Waals surface area contributed by atoms with Crippen molar-refractivity contribution < 1.29 is 14.3 Å². The summed E-state index contributed by atoms with van der Waals surface area (Å²) in [6.07, 6.45) is 3.64. The summed E-state index contributed by atoms with van der Waals surface area (Å²) in [5, 5.41) is 0. The van der Waals surface area contributed by atoms with Gasteiger partial charge in [0.1, 0.15) is 11.5 Å². The third-order valence-electron chi connectivity index (χ3n) is 6.02. The molecule has 0 saturated carbocycles. The van der Waals surface area contributed by atoms with Gasteiger partial charge in [0.05, 0.1) is 0 Å². The van der Waals surface area contributed by atoms with Crippen LogP contribution in [-0.4, -0.2) is 55.0 Å². The van der Waals surface area contributed by atoms with E-state index in [-0.39, 0.29) is 17.9 Å². The summed E-state index contributed by atoms with van der Waals surface area (Å²) in [6, 6.07) is 17.3. The van der Waals surface area contributed by atoms with Crippen molar-refractivity contribution in [3.8, 4) is 11.5 Å². The largest absolute Gasteiger partial charge is 0.457 e. The molecule has 2 saturated heterocycles. The average Bonchev–Trinajstić information content (AvgIpc) is 3.34. The molecule has 6 nitrogen and oxygen atoms in total. The lowest BCUT2D eigenvalue weighted by molar-refractivity contribution is -0.123. The molecular formula is C24H29N3O3. The Morgan fingerprint density at radius 2 is 1.40 bits per heavy atom. The number of urea groups is 1. The number of para-hydroxylation sites is 1. The summed E-state index contributed by atoms with van der Waals surface area (Å²) >= 11 is 0. The summed E-state index contributed by atoms with van der Waals surface area (Å²) in [6.45, 7) is 3.04. The van der Waals surface area contributed by atoms with Crippen LogP contribution in [0.5, 0.6) is 11.5 Å². The SMILES string of the molecule is CN(C(=O)C1CCN(C(=O)N2CCCC2)CC1)c1ccc(Oc2ccccc2)cc1. The van der Waals surface area contributed by atoms with Gasteiger partial charge in [0.15, 0.2) is 0 Å². The number of amides is 3. The highest BCUT2D eigenvalue weighted by Crippen LogP contribution is 2.27. The van der Waals surface area contributed by atoms with Crippen LogP contribution >= 0.6 is 0 Å². The number of hydrogen-bond donors (Lipinski definition) is 0. The van der Waals surface area contributed by atoms with E-state index in [1.54, 1.807) is 4.90 Å². The number of carbonyl (C=O) groups is 2. The van der Waals surface area contributed by atoms with Gasteiger partial charge >= 0.3 is 6.03 Å². The minimum atomic E-state index is -0.0436. The van der Waals surface area contributed by atoms with Gasteiger partial charge in [0.2, 0.25) is 5.91 Å². The number of carbonyl (C=O) groups excluding carboxylic acids is 2. The molecule has 2 heterocycles. The standard InChI is InChI=1S/C24H29N3O3/c1-25(20-9-11-22(12-10-20)30-21-7-3-2-4-8-21)23(28)19-13-17-27(18-14-19)24(29)26-15-5-6-16-26/h2-4,7-12,19H,5-6,13-18H2,1H3. The average molecular weight is 408 g/mol. The minimum Gasteiger partial charge on any atom is -0.457 e. The Labute approximate surface area is 178 Å². The van der Waals surface area contributed by atoms with Crippen LogP contribution in [0.2, 0.25) is 0 Å². The Bertz CT molecular complexity index is 855. The van der Waals surface area contributed by atoms with Crippen molar-refractivity contribution in [3.63, 3.8) is 0 Å². The van der Waals surface area contributed by atoms with Crippen molar-refractivity contribution in [1.29, 1.82) is 0 Å². The molecule has 0 unspecified atom stereocenters. The predicted octanol–water partition coefficient (Wildman–Crippen LogP) is 4.37. The summed E-state index contributed by atoms with van der Waals surface area (Å²) in [4.78, 5) is 31.1. The molecule has 2 aromatic rings. The molecule has 0 aromatic heterocycles. The van der Waals surface area contributed by atoms with Gasteiger partial charge in [0.25, 0.3) is 0 Å². The summed E-state index contributed by atoms with van der Waals surface area (Å²) in [5.41, 5.74) is 0.844. The molecule has 2 aromatic carbocycles. The molecule has 30 heavy (non-hydrogen) atoms. The molecule has 0 bridgehead atoms. The monoisotopic (exact) mass is 407 g/mol. The maximum absolute atomic E-state index is 13.0. The first-order chi connectivity index (χ1) is 14.6. The smallest absolute Gasteiger partial charge is 0.319 e. The van der Waals surface area contributed by atoms with E-state index in [1.807, 2.05) is 71.4 Å². The van der Waals surface area contributed by atoms with E-state index in [9.17, 15) is 9.59 Å². The highest BCUT2D eigenvalue weighted by atomic mass is 16.5. The maximum Gasteiger partial charge on any atom is 0.319 e. The van der Waals surface area contributed by atoms with E-state index < -0.39 is 0 Å². The van der Waals surface area contributed by atoms with Crippen molar-refractivity contribution in [2.75, 3.05) is 38.1 Å². The van der Waals surface area contributed by atoms with Crippen LogP contribution in [-0.2, 0) is 4.79 Å². The molecule has 2 aliphatic rings. The third-order valence-corrected chi connectivity index (χ3v) is 6.02. The number of benzene rings is 2. The normalized spacial score (nSPS) is 17.1. The number of piperidine rings is 1. The Balaban J connectivity index is 1.31. The topological polar surface area (TPSA) is 53.1 Å². The van der Waals surface area contributed by atoms with Crippen LogP contribution in [0.4, 0.5) is 10.5 Å². The molecule has 0 radical (unpaired) electrons. The molecule has 0 atom stereocenters. The van der Waals surface area contributed by atoms with E-state index in [0.29, 0.717) is 13.1 Å². The second-order valence-electron chi connectivity index (χ2n) is 8.04. The van der Waals surface area contributed by atoms with Crippen LogP contribution in [0.15, 0.2) is 54.6 Å². The first-order valence-electron chi connectivity index (χ1n) is 10.8. The zero-order valence-corrected chi connectivity index (χ0v) is 17.5. The molecule has 158 valence electrons. The second kappa shape index (κ2) is 9.20. The molecule has 0 N–H and O–H groups in total. The van der Waals surface area contributed by atoms with Gasteiger partial charge in [-0.2, -0.15) is 0 Å². The molecule has 6 heteroatoms. The van der Waals surface area contributed by atoms with Gasteiger partial charge in [-0.05, 0) is 62.1 Å². The predicted molar refractivity (Wildman–Crippen MR) is 117 cm³/mol. The second-order valence-corrected chi connectivity index (χ2v) is 8.04. The van der Waals surface area contributed by atoms with Crippen molar-refractivity contribution in [2.45, 2.75) is 25.7 Å². The highest BCUT2D eigenvalue weighted by Gasteiger charge is 2.31. The van der Waals surface area contributed by atoms with Crippen LogP contribution in [0.1, 0.15) is 25.7 Å². The van der Waals surface area contributed by atoms with Crippen LogP contribution in [0.3, 0.4) is 0 Å². The quantitative estimate of drug-likeness (QED) is 0.756. The highest BCUT2D eigenvalue weighted by molar-refractivity contribution is 5.94. The Hall–Kier alpha value is -3.02. The van der Waals surface area contributed by atoms with Gasteiger partial charge in [-0.1, -0.05) is 18.2 Å². The zero-order valence-electron chi connectivity index (χ0n) is 17.5. The van der Waals surface area contributed by atoms with E-state index in [2.05, 4.69) is 0 Å². The van der Waals surface area contributed by atoms with E-state index in [1.165, 1.54) is 0 Å². The number of rotatable bonds is 4. The number of nitrogens with zero attached hydrogens (tertiary/aromatic N) is 3. The van der Waals surface area contributed by atoms with Crippen molar-refractivity contribution in [1.82, 2.24) is 9.80 Å². The zero-order chi connectivity index (χ0) is 20.9. The number of hydrogen-bond acceptors (Lipinski definition) is 3. The fraction of sp³-hybridized carbons (Fsp3) is 0.417. The van der Waals surface area contributed by atoms with Gasteiger partial charge < -0.3 is 19.4 Å². The van der Waals surface area contributed by atoms with Crippen LogP contribution in [0, 0.1) is 5.92 Å². The molecular weight excluding hydrogens is 378 g/mol. The lowest BCUT2D eigenvalue weighted by atomic mass is 9.95. The maximum atomic E-state index is 13.0. The van der Waals surface area contributed by atoms with Crippen molar-refractivity contribution in [3.05, 3.63) is 54.6 Å². The molecule has 4 rings (SSSR count). The lowest BCUT2D eigenvalue weighted by Gasteiger charge is -2.35. The molecule has 2 fully saturated rings. The van der Waals surface area contributed by atoms with Crippen molar-refractivity contribution >= 4 is 17.6 Å². The molecule has 0 spiro atoms. The number of ether oxygens (including phenoxy) is 1. The molecule has 3 amide bonds. The summed E-state index contributed by atoms with van der Waals surface area (Å²) < 4.78 is 5.82. The van der Waals surface area contributed by atoms with Gasteiger partial charge in [-0.15, -0.1) is 0 Å². The van der Waals surface area contributed by atoms with Crippen LogP contribution < -0.4 is 9.64 Å². The third kappa shape index (κ3) is 4.58. The number of likely N-dealkylation sites (tertiary alicyclic amines) is 2. The first kappa shape index (κ1) is 20.3. The fourth-order valence-electron chi connectivity index (χ4n) is 4.19. The summed E-state index contributed by atoms with van der Waals surface area (Å²) in [7, 11) is 1.82. The minimum absolute atomic E-state index is 0.0436. The Kier molecular flexibility index (Phi) is 6.21. The molecule has 0 aliphatic carbocycles. The van der Waals surface area contributed by atoms with Gasteiger partial charge in [0, 0.05) is 44.8 Å². The molecule has 2 aliphatic heterocycles. The Morgan fingerprint density at radius 3 is 2.03 bits per heavy atom. The van der Waals surface area contributed by atoms with E-state index >= 15 is 0 Å². The van der Waals surface area contributed by atoms with E-state index in [4.69, 9.17) is 4.74 Å². The van der Waals surface area contributed by atoms with Gasteiger partial charge in [-0.3, -0.25) is 4.79 Å². The van der Waals surface area contributed by atoms with Crippen molar-refractivity contribution in [2.24, 2.45) is 5.92 Å². The van der Waals surface area contributed by atoms with E-state index in [0.717, 1.165) is 56.0 Å². The van der Waals surface area contributed by atoms with Gasteiger partial charge in [-0.25, -0.2) is 4.79 Å². The Morgan fingerprint density at radius 1 is 0.833 bits per heavy atom. The van der Waals surface area contributed by atoms with Crippen LogP contribution in [0.25, 0.3) is 0 Å². The number of anilines is 1. The first-order valence-corrected chi connectivity index (χ1v) is 10.8. The lowest BCUT2D eigenvalue weighted by Crippen LogP contribution is -2.48.